The Balaban J connectivity index is 1.10. The lowest BCUT2D eigenvalue weighted by molar-refractivity contribution is 0.396. The van der Waals surface area contributed by atoms with Crippen LogP contribution in [-0.4, -0.2) is 0 Å². The molecule has 1 aliphatic carbocycles. The van der Waals surface area contributed by atoms with Crippen molar-refractivity contribution in [3.05, 3.63) is 143 Å². The molecule has 0 amide bonds. The van der Waals surface area contributed by atoms with Crippen LogP contribution < -0.4 is 0 Å². The fourth-order valence-corrected chi connectivity index (χ4v) is 6.81. The van der Waals surface area contributed by atoms with E-state index in [2.05, 4.69) is 137 Å². The van der Waals surface area contributed by atoms with Crippen molar-refractivity contribution in [1.29, 1.82) is 0 Å². The molecule has 1 aliphatic rings. The van der Waals surface area contributed by atoms with E-state index in [-0.39, 0.29) is 0 Å². The van der Waals surface area contributed by atoms with Gasteiger partial charge in [-0.2, -0.15) is 0 Å². The highest BCUT2D eigenvalue weighted by molar-refractivity contribution is 5.73. The van der Waals surface area contributed by atoms with Gasteiger partial charge in [0.2, 0.25) is 0 Å². The Morgan fingerprint density at radius 1 is 0.325 bits per heavy atom. The molecule has 0 heterocycles. The van der Waals surface area contributed by atoms with E-state index in [1.165, 1.54) is 86.9 Å². The highest BCUT2D eigenvalue weighted by Gasteiger charge is 2.23. The normalized spacial score (nSPS) is 17.1. The zero-order valence-electron chi connectivity index (χ0n) is 24.4. The summed E-state index contributed by atoms with van der Waals surface area (Å²) in [7, 11) is 0. The zero-order chi connectivity index (χ0) is 27.6. The van der Waals surface area contributed by atoms with E-state index < -0.39 is 0 Å². The molecule has 0 radical (unpaired) electrons. The monoisotopic (exact) mass is 520 g/mol. The van der Waals surface area contributed by atoms with E-state index in [1.807, 2.05) is 0 Å². The average molecular weight is 521 g/mol. The van der Waals surface area contributed by atoms with Crippen LogP contribution in [0.2, 0.25) is 0 Å². The molecule has 0 aromatic heterocycles. The molecule has 0 spiro atoms. The van der Waals surface area contributed by atoms with Gasteiger partial charge in [0.05, 0.1) is 0 Å². The van der Waals surface area contributed by atoms with E-state index in [4.69, 9.17) is 0 Å². The SMILES string of the molecule is Cc1cc(C)cc(-c2ccc(-c3ccc(-c4ccc(C5CCC(c6cc(C)cc(C)c6)CC5)cc4)cc3)cc2)c1. The third-order valence-corrected chi connectivity index (χ3v) is 8.82. The van der Waals surface area contributed by atoms with Crippen molar-refractivity contribution in [1.82, 2.24) is 0 Å². The molecule has 0 nitrogen and oxygen atoms in total. The lowest BCUT2D eigenvalue weighted by atomic mass is 9.75. The van der Waals surface area contributed by atoms with Gasteiger partial charge in [0.1, 0.15) is 0 Å². The second-order valence-corrected chi connectivity index (χ2v) is 12.1. The van der Waals surface area contributed by atoms with Crippen LogP contribution in [0, 0.1) is 27.7 Å². The molecule has 5 aromatic carbocycles. The molecule has 0 N–H and O–H groups in total. The van der Waals surface area contributed by atoms with Gasteiger partial charge in [0.15, 0.2) is 0 Å². The second-order valence-electron chi connectivity index (χ2n) is 12.1. The molecule has 0 aliphatic heterocycles. The number of benzene rings is 5. The topological polar surface area (TPSA) is 0 Å². The van der Waals surface area contributed by atoms with Crippen LogP contribution in [0.3, 0.4) is 0 Å². The van der Waals surface area contributed by atoms with Crippen LogP contribution >= 0.6 is 0 Å². The van der Waals surface area contributed by atoms with Crippen LogP contribution in [0.15, 0.2) is 109 Å². The van der Waals surface area contributed by atoms with Gasteiger partial charge >= 0.3 is 0 Å². The third-order valence-electron chi connectivity index (χ3n) is 8.82. The van der Waals surface area contributed by atoms with Crippen molar-refractivity contribution < 1.29 is 0 Å². The Morgan fingerprint density at radius 2 is 0.625 bits per heavy atom. The van der Waals surface area contributed by atoms with Gasteiger partial charge in [0.25, 0.3) is 0 Å². The predicted octanol–water partition coefficient (Wildman–Crippen LogP) is 11.4. The van der Waals surface area contributed by atoms with Crippen molar-refractivity contribution in [2.45, 2.75) is 65.2 Å². The molecular weight excluding hydrogens is 480 g/mol. The van der Waals surface area contributed by atoms with Crippen LogP contribution in [0.1, 0.15) is 70.9 Å². The summed E-state index contributed by atoms with van der Waals surface area (Å²) < 4.78 is 0. The van der Waals surface area contributed by atoms with Crippen molar-refractivity contribution in [2.24, 2.45) is 0 Å². The summed E-state index contributed by atoms with van der Waals surface area (Å²) in [6, 6.07) is 41.2. The van der Waals surface area contributed by atoms with Crippen LogP contribution in [0.25, 0.3) is 33.4 Å². The molecule has 200 valence electrons. The van der Waals surface area contributed by atoms with E-state index in [1.54, 1.807) is 5.56 Å². The maximum absolute atomic E-state index is 2.40. The van der Waals surface area contributed by atoms with Crippen LogP contribution in [-0.2, 0) is 0 Å². The third kappa shape index (κ3) is 5.82. The van der Waals surface area contributed by atoms with Gasteiger partial charge in [-0.1, -0.05) is 131 Å². The van der Waals surface area contributed by atoms with Crippen molar-refractivity contribution in [3.63, 3.8) is 0 Å². The smallest absolute Gasteiger partial charge is 0.0161 e. The molecule has 0 unspecified atom stereocenters. The molecule has 0 saturated heterocycles. The van der Waals surface area contributed by atoms with Gasteiger partial charge in [0, 0.05) is 0 Å². The summed E-state index contributed by atoms with van der Waals surface area (Å²) in [6.07, 6.45) is 5.16. The minimum atomic E-state index is 0.685. The number of aryl methyl sites for hydroxylation is 4. The van der Waals surface area contributed by atoms with Gasteiger partial charge in [-0.05, 0) is 110 Å². The lowest BCUT2D eigenvalue weighted by Crippen LogP contribution is -2.12. The Kier molecular flexibility index (Phi) is 7.44. The van der Waals surface area contributed by atoms with Gasteiger partial charge in [-0.3, -0.25) is 0 Å². The largest absolute Gasteiger partial charge is 0.0581 e. The quantitative estimate of drug-likeness (QED) is 0.216. The van der Waals surface area contributed by atoms with Crippen molar-refractivity contribution in [2.75, 3.05) is 0 Å². The minimum Gasteiger partial charge on any atom is -0.0581 e. The summed E-state index contributed by atoms with van der Waals surface area (Å²) in [5.74, 6) is 1.40. The first-order valence-corrected chi connectivity index (χ1v) is 14.9. The molecular formula is C40H40. The molecule has 40 heavy (non-hydrogen) atoms. The molecule has 1 fully saturated rings. The second kappa shape index (κ2) is 11.3. The maximum Gasteiger partial charge on any atom is -0.0161 e. The zero-order valence-corrected chi connectivity index (χ0v) is 24.4. The van der Waals surface area contributed by atoms with Crippen molar-refractivity contribution in [3.8, 4) is 33.4 Å². The first-order valence-electron chi connectivity index (χ1n) is 14.9. The first-order chi connectivity index (χ1) is 19.4. The van der Waals surface area contributed by atoms with Crippen molar-refractivity contribution >= 4 is 0 Å². The Labute approximate surface area is 240 Å². The van der Waals surface area contributed by atoms with E-state index in [9.17, 15) is 0 Å². The first kappa shape index (κ1) is 26.3. The molecule has 1 saturated carbocycles. The highest BCUT2D eigenvalue weighted by Crippen LogP contribution is 2.41. The predicted molar refractivity (Wildman–Crippen MR) is 172 cm³/mol. The summed E-state index contributed by atoms with van der Waals surface area (Å²) in [5.41, 5.74) is 16.1. The summed E-state index contributed by atoms with van der Waals surface area (Å²) in [5, 5.41) is 0. The fraction of sp³-hybridized carbons (Fsp3) is 0.250. The highest BCUT2D eigenvalue weighted by atomic mass is 14.3. The van der Waals surface area contributed by atoms with Gasteiger partial charge < -0.3 is 0 Å². The lowest BCUT2D eigenvalue weighted by Gasteiger charge is -2.29. The number of hydrogen-bond donors (Lipinski definition) is 0. The molecule has 6 rings (SSSR count). The van der Waals surface area contributed by atoms with Gasteiger partial charge in [-0.25, -0.2) is 0 Å². The summed E-state index contributed by atoms with van der Waals surface area (Å²) in [4.78, 5) is 0. The Morgan fingerprint density at radius 3 is 1.02 bits per heavy atom. The molecule has 0 heteroatoms. The molecule has 0 atom stereocenters. The van der Waals surface area contributed by atoms with E-state index >= 15 is 0 Å². The average Bonchev–Trinajstić information content (AvgIpc) is 2.97. The summed E-state index contributed by atoms with van der Waals surface area (Å²) in [6.45, 7) is 8.78. The molecule has 0 bridgehead atoms. The fourth-order valence-electron chi connectivity index (χ4n) is 6.81. The Bertz CT molecular complexity index is 1550. The number of rotatable bonds is 5. The van der Waals surface area contributed by atoms with E-state index in [0.29, 0.717) is 5.92 Å². The maximum atomic E-state index is 2.40. The minimum absolute atomic E-state index is 0.685. The summed E-state index contributed by atoms with van der Waals surface area (Å²) >= 11 is 0. The van der Waals surface area contributed by atoms with Crippen LogP contribution in [0.4, 0.5) is 0 Å². The standard InChI is InChI=1S/C40H40/c1-27-21-28(2)24-39(23-27)37-17-13-35(14-18-37)33-9-5-31(6-10-33)32-7-11-34(12-8-32)36-15-19-38(20-16-36)40-25-29(3)22-30(4)26-40/h5-14,17-18,21-26,36,38H,15-16,19-20H2,1-4H3. The Hall–Kier alpha value is -3.90. The molecule has 5 aromatic rings. The van der Waals surface area contributed by atoms with Crippen LogP contribution in [0.5, 0.6) is 0 Å². The number of hydrogen-bond acceptors (Lipinski definition) is 0. The van der Waals surface area contributed by atoms with Gasteiger partial charge in [-0.15, -0.1) is 0 Å². The van der Waals surface area contributed by atoms with E-state index in [0.717, 1.165) is 5.92 Å².